The van der Waals surface area contributed by atoms with Gasteiger partial charge in [0.15, 0.2) is 0 Å². The molecule has 0 aliphatic carbocycles. The van der Waals surface area contributed by atoms with Crippen LogP contribution in [0, 0.1) is 6.92 Å². The van der Waals surface area contributed by atoms with Crippen molar-refractivity contribution in [2.75, 3.05) is 37.0 Å². The van der Waals surface area contributed by atoms with E-state index in [1.807, 2.05) is 13.0 Å². The van der Waals surface area contributed by atoms with Gasteiger partial charge in [-0.15, -0.1) is 0 Å². The second-order valence-corrected chi connectivity index (χ2v) is 5.14. The highest BCUT2D eigenvalue weighted by atomic mass is 16.5. The minimum absolute atomic E-state index is 0.638. The maximum Gasteiger partial charge on any atom is 0.224 e. The molecule has 0 bridgehead atoms. The van der Waals surface area contributed by atoms with Crippen molar-refractivity contribution in [1.29, 1.82) is 0 Å². The van der Waals surface area contributed by atoms with E-state index in [1.54, 1.807) is 7.11 Å². The molecule has 0 atom stereocenters. The second-order valence-electron chi connectivity index (χ2n) is 5.14. The monoisotopic (exact) mass is 284 g/mol. The van der Waals surface area contributed by atoms with E-state index in [1.165, 1.54) is 11.3 Å². The van der Waals surface area contributed by atoms with Crippen LogP contribution in [-0.2, 0) is 11.2 Å². The first-order valence-electron chi connectivity index (χ1n) is 7.22. The highest BCUT2D eigenvalue weighted by Gasteiger charge is 2.21. The van der Waals surface area contributed by atoms with Gasteiger partial charge in [0.25, 0.3) is 0 Å². The zero-order valence-electron chi connectivity index (χ0n) is 12.5. The van der Waals surface area contributed by atoms with E-state index in [2.05, 4.69) is 44.5 Å². The zero-order valence-corrected chi connectivity index (χ0v) is 12.5. The van der Waals surface area contributed by atoms with Gasteiger partial charge < -0.3 is 15.0 Å². The molecule has 5 heteroatoms. The molecule has 2 aromatic rings. The topological polar surface area (TPSA) is 50.3 Å². The molecule has 0 unspecified atom stereocenters. The van der Waals surface area contributed by atoms with E-state index >= 15 is 0 Å². The number of aromatic nitrogens is 2. The Balaban J connectivity index is 1.86. The molecule has 2 heterocycles. The van der Waals surface area contributed by atoms with E-state index in [0.29, 0.717) is 19.1 Å². The quantitative estimate of drug-likeness (QED) is 0.855. The molecular formula is C16H20N4O. The van der Waals surface area contributed by atoms with Gasteiger partial charge in [-0.25, -0.2) is 4.98 Å². The minimum atomic E-state index is 0.638. The smallest absolute Gasteiger partial charge is 0.224 e. The lowest BCUT2D eigenvalue weighted by atomic mass is 10.2. The molecular weight excluding hydrogens is 264 g/mol. The van der Waals surface area contributed by atoms with Gasteiger partial charge in [-0.1, -0.05) is 18.2 Å². The molecule has 0 spiro atoms. The van der Waals surface area contributed by atoms with E-state index in [4.69, 9.17) is 4.74 Å². The Morgan fingerprint density at radius 3 is 3.00 bits per heavy atom. The van der Waals surface area contributed by atoms with Gasteiger partial charge in [0.1, 0.15) is 5.82 Å². The summed E-state index contributed by atoms with van der Waals surface area (Å²) in [5.41, 5.74) is 3.59. The number of nitrogens with zero attached hydrogens (tertiary/aromatic N) is 3. The third kappa shape index (κ3) is 2.97. The summed E-state index contributed by atoms with van der Waals surface area (Å²) in [4.78, 5) is 11.3. The lowest BCUT2D eigenvalue weighted by molar-refractivity contribution is 0.210. The van der Waals surface area contributed by atoms with Crippen LogP contribution in [-0.4, -0.2) is 36.8 Å². The molecule has 1 aliphatic rings. The largest absolute Gasteiger partial charge is 0.383 e. The highest BCUT2D eigenvalue weighted by molar-refractivity contribution is 5.68. The van der Waals surface area contributed by atoms with Crippen LogP contribution in [0.3, 0.4) is 0 Å². The van der Waals surface area contributed by atoms with Crippen molar-refractivity contribution in [3.05, 3.63) is 41.6 Å². The Labute approximate surface area is 125 Å². The van der Waals surface area contributed by atoms with Crippen LogP contribution < -0.4 is 10.2 Å². The maximum atomic E-state index is 5.04. The Kier molecular flexibility index (Phi) is 4.01. The zero-order chi connectivity index (χ0) is 14.7. The minimum Gasteiger partial charge on any atom is -0.383 e. The normalized spacial score (nSPS) is 13.3. The summed E-state index contributed by atoms with van der Waals surface area (Å²) in [7, 11) is 1.69. The van der Waals surface area contributed by atoms with E-state index in [-0.39, 0.29) is 0 Å². The first-order chi connectivity index (χ1) is 10.3. The molecule has 0 amide bonds. The van der Waals surface area contributed by atoms with Crippen molar-refractivity contribution in [3.8, 4) is 0 Å². The average Bonchev–Trinajstić information content (AvgIpc) is 2.91. The Morgan fingerprint density at radius 2 is 2.14 bits per heavy atom. The van der Waals surface area contributed by atoms with E-state index in [0.717, 1.165) is 24.5 Å². The first kappa shape index (κ1) is 13.8. The summed E-state index contributed by atoms with van der Waals surface area (Å²) in [6, 6.07) is 10.5. The predicted molar refractivity (Wildman–Crippen MR) is 84.3 cm³/mol. The third-order valence-electron chi connectivity index (χ3n) is 3.59. The molecule has 1 aliphatic heterocycles. The van der Waals surface area contributed by atoms with Gasteiger partial charge in [0.2, 0.25) is 5.95 Å². The number of fused-ring (bicyclic) bond motifs is 1. The van der Waals surface area contributed by atoms with E-state index in [9.17, 15) is 0 Å². The van der Waals surface area contributed by atoms with Crippen molar-refractivity contribution in [3.63, 3.8) is 0 Å². The fourth-order valence-corrected chi connectivity index (χ4v) is 2.61. The van der Waals surface area contributed by atoms with Crippen molar-refractivity contribution in [2.45, 2.75) is 13.3 Å². The molecule has 0 radical (unpaired) electrons. The summed E-state index contributed by atoms with van der Waals surface area (Å²) in [6.07, 6.45) is 1.06. The number of benzene rings is 1. The molecule has 3 rings (SSSR count). The van der Waals surface area contributed by atoms with Gasteiger partial charge in [-0.2, -0.15) is 4.98 Å². The standard InChI is InChI=1S/C16H20N4O/c1-12-11-15(19-16(18-12)17-8-10-21-2)20-9-7-13-5-3-4-6-14(13)20/h3-6,11H,7-10H2,1-2H3,(H,17,18,19). The van der Waals surface area contributed by atoms with Gasteiger partial charge in [-0.05, 0) is 25.0 Å². The summed E-state index contributed by atoms with van der Waals surface area (Å²) in [5.74, 6) is 1.61. The summed E-state index contributed by atoms with van der Waals surface area (Å²) in [5, 5.41) is 3.20. The molecule has 5 nitrogen and oxygen atoms in total. The van der Waals surface area contributed by atoms with Crippen LogP contribution in [0.1, 0.15) is 11.3 Å². The number of rotatable bonds is 5. The number of nitrogens with one attached hydrogen (secondary N) is 1. The van der Waals surface area contributed by atoms with Crippen LogP contribution in [0.15, 0.2) is 30.3 Å². The fourth-order valence-electron chi connectivity index (χ4n) is 2.61. The Hall–Kier alpha value is -2.14. The Bertz CT molecular complexity index is 629. The van der Waals surface area contributed by atoms with Crippen LogP contribution >= 0.6 is 0 Å². The fraction of sp³-hybridized carbons (Fsp3) is 0.375. The Morgan fingerprint density at radius 1 is 1.29 bits per heavy atom. The first-order valence-corrected chi connectivity index (χ1v) is 7.22. The number of anilines is 3. The molecule has 1 aromatic heterocycles. The third-order valence-corrected chi connectivity index (χ3v) is 3.59. The second kappa shape index (κ2) is 6.10. The van der Waals surface area contributed by atoms with Crippen molar-refractivity contribution in [1.82, 2.24) is 9.97 Å². The van der Waals surface area contributed by atoms with Crippen LogP contribution in [0.25, 0.3) is 0 Å². The molecule has 0 saturated heterocycles. The highest BCUT2D eigenvalue weighted by Crippen LogP contribution is 2.33. The summed E-state index contributed by atoms with van der Waals surface area (Å²) in [6.45, 7) is 4.30. The van der Waals surface area contributed by atoms with Gasteiger partial charge in [0.05, 0.1) is 6.61 Å². The lowest BCUT2D eigenvalue weighted by Gasteiger charge is -2.19. The number of ether oxygens (including phenoxy) is 1. The molecule has 1 N–H and O–H groups in total. The molecule has 21 heavy (non-hydrogen) atoms. The number of methoxy groups -OCH3 is 1. The molecule has 110 valence electrons. The van der Waals surface area contributed by atoms with Crippen molar-refractivity contribution >= 4 is 17.5 Å². The summed E-state index contributed by atoms with van der Waals surface area (Å²) >= 11 is 0. The van der Waals surface area contributed by atoms with Gasteiger partial charge in [0, 0.05) is 37.6 Å². The van der Waals surface area contributed by atoms with Crippen LogP contribution in [0.4, 0.5) is 17.5 Å². The molecule has 0 fully saturated rings. The van der Waals surface area contributed by atoms with E-state index < -0.39 is 0 Å². The number of aryl methyl sites for hydroxylation is 1. The predicted octanol–water partition coefficient (Wildman–Crippen LogP) is 2.54. The van der Waals surface area contributed by atoms with Gasteiger partial charge in [-0.3, -0.25) is 0 Å². The van der Waals surface area contributed by atoms with Crippen molar-refractivity contribution < 1.29 is 4.74 Å². The SMILES string of the molecule is COCCNc1nc(C)cc(N2CCc3ccccc32)n1. The van der Waals surface area contributed by atoms with Crippen LogP contribution in [0.2, 0.25) is 0 Å². The van der Waals surface area contributed by atoms with Crippen LogP contribution in [0.5, 0.6) is 0 Å². The maximum absolute atomic E-state index is 5.04. The molecule has 0 saturated carbocycles. The van der Waals surface area contributed by atoms with Crippen molar-refractivity contribution in [2.24, 2.45) is 0 Å². The number of para-hydroxylation sites is 1. The lowest BCUT2D eigenvalue weighted by Crippen LogP contribution is -2.17. The summed E-state index contributed by atoms with van der Waals surface area (Å²) < 4.78 is 5.04. The van der Waals surface area contributed by atoms with Gasteiger partial charge >= 0.3 is 0 Å². The molecule has 1 aromatic carbocycles. The number of hydrogen-bond donors (Lipinski definition) is 1. The number of hydrogen-bond acceptors (Lipinski definition) is 5. The average molecular weight is 284 g/mol.